The number of hydrogen-bond acceptors (Lipinski definition) is 4. The van der Waals surface area contributed by atoms with Gasteiger partial charge in [0.05, 0.1) is 0 Å². The van der Waals surface area contributed by atoms with Crippen LogP contribution in [-0.4, -0.2) is 12.5 Å². The molecule has 1 amide bonds. The molecule has 0 unspecified atom stereocenters. The predicted molar refractivity (Wildman–Crippen MR) is 116 cm³/mol. The molecule has 1 aromatic heterocycles. The summed E-state index contributed by atoms with van der Waals surface area (Å²) < 4.78 is 10.9. The molecule has 0 aliphatic heterocycles. The van der Waals surface area contributed by atoms with Crippen LogP contribution in [0.5, 0.6) is 5.75 Å². The summed E-state index contributed by atoms with van der Waals surface area (Å²) in [6.45, 7) is 6.27. The Kier molecular flexibility index (Phi) is 6.70. The van der Waals surface area contributed by atoms with Gasteiger partial charge in [0.1, 0.15) is 11.3 Å². The Morgan fingerprint density at radius 1 is 1.10 bits per heavy atom. The first kappa shape index (κ1) is 20.6. The van der Waals surface area contributed by atoms with E-state index < -0.39 is 0 Å². The fourth-order valence-corrected chi connectivity index (χ4v) is 3.25. The maximum Gasteiger partial charge on any atom is 0.336 e. The summed E-state index contributed by atoms with van der Waals surface area (Å²) in [5.74, 6) is 0.730. The number of carbonyl (C=O) groups is 1. The lowest BCUT2D eigenvalue weighted by Gasteiger charge is -2.11. The van der Waals surface area contributed by atoms with E-state index >= 15 is 0 Å². The van der Waals surface area contributed by atoms with E-state index in [1.165, 1.54) is 11.6 Å². The van der Waals surface area contributed by atoms with E-state index in [1.54, 1.807) is 12.1 Å². The summed E-state index contributed by atoms with van der Waals surface area (Å²) in [5.41, 5.74) is 3.04. The second kappa shape index (κ2) is 9.41. The number of amides is 1. The molecule has 2 aromatic carbocycles. The molecule has 152 valence electrons. The number of hydrogen-bond donors (Lipinski definition) is 1. The van der Waals surface area contributed by atoms with Crippen LogP contribution < -0.4 is 15.7 Å². The normalized spacial score (nSPS) is 12.0. The van der Waals surface area contributed by atoms with Gasteiger partial charge in [-0.3, -0.25) is 4.79 Å². The Hall–Kier alpha value is -3.08. The summed E-state index contributed by atoms with van der Waals surface area (Å²) in [6, 6.07) is 14.7. The third-order valence-corrected chi connectivity index (χ3v) is 5.07. The first-order valence-electron chi connectivity index (χ1n) is 10.1. The van der Waals surface area contributed by atoms with Crippen LogP contribution >= 0.6 is 0 Å². The monoisotopic (exact) mass is 393 g/mol. The predicted octanol–water partition coefficient (Wildman–Crippen LogP) is 5.28. The fourth-order valence-electron chi connectivity index (χ4n) is 3.25. The van der Waals surface area contributed by atoms with E-state index in [2.05, 4.69) is 26.1 Å². The minimum atomic E-state index is -0.378. The number of anilines is 1. The van der Waals surface area contributed by atoms with Crippen LogP contribution in [0.3, 0.4) is 0 Å². The molecule has 0 aliphatic rings. The van der Waals surface area contributed by atoms with Gasteiger partial charge in [0.2, 0.25) is 0 Å². The quantitative estimate of drug-likeness (QED) is 0.529. The van der Waals surface area contributed by atoms with Gasteiger partial charge in [-0.15, -0.1) is 0 Å². The van der Waals surface area contributed by atoms with Gasteiger partial charge >= 0.3 is 5.63 Å². The lowest BCUT2D eigenvalue weighted by atomic mass is 9.99. The fraction of sp³-hybridized carbons (Fsp3) is 0.333. The van der Waals surface area contributed by atoms with Gasteiger partial charge < -0.3 is 14.5 Å². The Bertz CT molecular complexity index is 1040. The van der Waals surface area contributed by atoms with Gasteiger partial charge in [0.15, 0.2) is 6.61 Å². The molecule has 1 atom stereocenters. The molecule has 29 heavy (non-hydrogen) atoms. The van der Waals surface area contributed by atoms with Crippen molar-refractivity contribution in [2.75, 3.05) is 11.9 Å². The Morgan fingerprint density at radius 2 is 1.86 bits per heavy atom. The lowest BCUT2D eigenvalue weighted by Crippen LogP contribution is -2.20. The second-order valence-electron chi connectivity index (χ2n) is 7.27. The number of carbonyl (C=O) groups excluding carboxylic acids is 1. The van der Waals surface area contributed by atoms with Crippen LogP contribution in [0.4, 0.5) is 5.69 Å². The highest BCUT2D eigenvalue weighted by molar-refractivity contribution is 5.92. The molecule has 5 nitrogen and oxygen atoms in total. The first-order valence-corrected chi connectivity index (χ1v) is 10.1. The summed E-state index contributed by atoms with van der Waals surface area (Å²) in [6.07, 6.45) is 2.82. The van der Waals surface area contributed by atoms with Crippen LogP contribution in [0.25, 0.3) is 11.0 Å². The second-order valence-corrected chi connectivity index (χ2v) is 7.27. The largest absolute Gasteiger partial charge is 0.484 e. The number of ether oxygens (including phenoxy) is 1. The maximum atomic E-state index is 12.2. The van der Waals surface area contributed by atoms with Crippen molar-refractivity contribution in [2.45, 2.75) is 46.0 Å². The molecule has 1 heterocycles. The molecular weight excluding hydrogens is 366 g/mol. The number of fused-ring (bicyclic) bond motifs is 1. The van der Waals surface area contributed by atoms with E-state index in [1.807, 2.05) is 30.3 Å². The first-order chi connectivity index (χ1) is 14.0. The highest BCUT2D eigenvalue weighted by atomic mass is 16.5. The minimum absolute atomic E-state index is 0.127. The SMILES string of the molecule is CCCc1cc(=O)oc2cc(OCC(=O)Nc3ccc([C@H](C)CC)cc3)ccc12. The third-order valence-electron chi connectivity index (χ3n) is 5.07. The summed E-state index contributed by atoms with van der Waals surface area (Å²) in [7, 11) is 0. The lowest BCUT2D eigenvalue weighted by molar-refractivity contribution is -0.118. The molecule has 0 aliphatic carbocycles. The summed E-state index contributed by atoms with van der Waals surface area (Å²) in [4.78, 5) is 24.0. The summed E-state index contributed by atoms with van der Waals surface area (Å²) >= 11 is 0. The van der Waals surface area contributed by atoms with E-state index in [0.717, 1.165) is 35.9 Å². The van der Waals surface area contributed by atoms with E-state index in [0.29, 0.717) is 17.3 Å². The van der Waals surface area contributed by atoms with Gasteiger partial charge in [0.25, 0.3) is 5.91 Å². The maximum absolute atomic E-state index is 12.2. The van der Waals surface area contributed by atoms with Crippen molar-refractivity contribution < 1.29 is 13.9 Å². The molecule has 0 spiro atoms. The zero-order valence-corrected chi connectivity index (χ0v) is 17.2. The summed E-state index contributed by atoms with van der Waals surface area (Å²) in [5, 5.41) is 3.72. The molecule has 5 heteroatoms. The van der Waals surface area contributed by atoms with Crippen molar-refractivity contribution in [1.82, 2.24) is 0 Å². The van der Waals surface area contributed by atoms with Crippen molar-refractivity contribution in [3.63, 3.8) is 0 Å². The highest BCUT2D eigenvalue weighted by Gasteiger charge is 2.09. The van der Waals surface area contributed by atoms with Crippen LogP contribution in [-0.2, 0) is 11.2 Å². The highest BCUT2D eigenvalue weighted by Crippen LogP contribution is 2.24. The smallest absolute Gasteiger partial charge is 0.336 e. The molecule has 0 bridgehead atoms. The van der Waals surface area contributed by atoms with Gasteiger partial charge in [-0.25, -0.2) is 4.79 Å². The van der Waals surface area contributed by atoms with Gasteiger partial charge in [0, 0.05) is 23.2 Å². The average molecular weight is 393 g/mol. The van der Waals surface area contributed by atoms with Gasteiger partial charge in [-0.05, 0) is 54.2 Å². The molecule has 3 aromatic rings. The van der Waals surface area contributed by atoms with Crippen molar-refractivity contribution >= 4 is 22.6 Å². The number of rotatable bonds is 8. The number of nitrogens with one attached hydrogen (secondary N) is 1. The number of benzene rings is 2. The van der Waals surface area contributed by atoms with Crippen LogP contribution in [0.2, 0.25) is 0 Å². The van der Waals surface area contributed by atoms with Crippen molar-refractivity contribution in [2.24, 2.45) is 0 Å². The van der Waals surface area contributed by atoms with Crippen LogP contribution in [0.1, 0.15) is 50.7 Å². The average Bonchev–Trinajstić information content (AvgIpc) is 2.72. The molecular formula is C24H27NO4. The van der Waals surface area contributed by atoms with E-state index in [-0.39, 0.29) is 18.1 Å². The van der Waals surface area contributed by atoms with Crippen LogP contribution in [0, 0.1) is 0 Å². The molecule has 1 N–H and O–H groups in total. The molecule has 0 radical (unpaired) electrons. The zero-order chi connectivity index (χ0) is 20.8. The van der Waals surface area contributed by atoms with Crippen molar-refractivity contribution in [3.05, 3.63) is 70.1 Å². The Morgan fingerprint density at radius 3 is 2.55 bits per heavy atom. The molecule has 3 rings (SSSR count). The topological polar surface area (TPSA) is 68.5 Å². The number of aryl methyl sites for hydroxylation is 1. The molecule has 0 saturated carbocycles. The molecule has 0 fully saturated rings. The standard InChI is InChI=1S/C24H27NO4/c1-4-6-18-13-24(27)29-22-14-20(11-12-21(18)22)28-15-23(26)25-19-9-7-17(8-10-19)16(3)5-2/h7-14,16H,4-6,15H2,1-3H3,(H,25,26)/t16-/m1/s1. The van der Waals surface area contributed by atoms with Crippen molar-refractivity contribution in [1.29, 1.82) is 0 Å². The van der Waals surface area contributed by atoms with E-state index in [9.17, 15) is 9.59 Å². The minimum Gasteiger partial charge on any atom is -0.484 e. The zero-order valence-electron chi connectivity index (χ0n) is 17.2. The molecule has 0 saturated heterocycles. The Balaban J connectivity index is 1.64. The van der Waals surface area contributed by atoms with Crippen LogP contribution in [0.15, 0.2) is 57.7 Å². The van der Waals surface area contributed by atoms with Gasteiger partial charge in [-0.2, -0.15) is 0 Å². The van der Waals surface area contributed by atoms with Crippen molar-refractivity contribution in [3.8, 4) is 5.75 Å². The Labute approximate surface area is 170 Å². The van der Waals surface area contributed by atoms with Gasteiger partial charge in [-0.1, -0.05) is 39.3 Å². The third kappa shape index (κ3) is 5.25. The van der Waals surface area contributed by atoms with E-state index in [4.69, 9.17) is 9.15 Å².